The van der Waals surface area contributed by atoms with Gasteiger partial charge in [0.05, 0.1) is 17.6 Å². The van der Waals surface area contributed by atoms with E-state index in [1.165, 1.54) is 0 Å². The summed E-state index contributed by atoms with van der Waals surface area (Å²) in [6.07, 6.45) is 4.46. The summed E-state index contributed by atoms with van der Waals surface area (Å²) < 4.78 is 1.96. The summed E-state index contributed by atoms with van der Waals surface area (Å²) >= 11 is 0. The van der Waals surface area contributed by atoms with Crippen molar-refractivity contribution in [3.05, 3.63) is 12.5 Å². The predicted molar refractivity (Wildman–Crippen MR) is 64.5 cm³/mol. The Morgan fingerprint density at radius 1 is 1.38 bits per heavy atom. The Morgan fingerprint density at radius 2 is 2.19 bits per heavy atom. The van der Waals surface area contributed by atoms with Gasteiger partial charge in [-0.2, -0.15) is 5.10 Å². The van der Waals surface area contributed by atoms with Crippen molar-refractivity contribution < 1.29 is 0 Å². The molecule has 0 saturated carbocycles. The van der Waals surface area contributed by atoms with Crippen molar-refractivity contribution in [3.63, 3.8) is 0 Å². The van der Waals surface area contributed by atoms with Gasteiger partial charge >= 0.3 is 0 Å². The lowest BCUT2D eigenvalue weighted by molar-refractivity contribution is 0.489. The van der Waals surface area contributed by atoms with Crippen molar-refractivity contribution in [1.82, 2.24) is 19.7 Å². The van der Waals surface area contributed by atoms with Crippen LogP contribution in [0.2, 0.25) is 0 Å². The molecule has 5 nitrogen and oxygen atoms in total. The van der Waals surface area contributed by atoms with Gasteiger partial charge in [-0.15, -0.1) is 0 Å². The predicted octanol–water partition coefficient (Wildman–Crippen LogP) is 2.23. The summed E-state index contributed by atoms with van der Waals surface area (Å²) in [5, 5.41) is 8.59. The molecule has 0 fully saturated rings. The minimum absolute atomic E-state index is 0.363. The summed E-state index contributed by atoms with van der Waals surface area (Å²) in [6, 6.07) is 0.363. The molecule has 0 aliphatic rings. The van der Waals surface area contributed by atoms with Crippen LogP contribution in [0.4, 0.5) is 5.82 Å². The van der Waals surface area contributed by atoms with Crippen LogP contribution in [0, 0.1) is 0 Å². The second-order valence-corrected chi connectivity index (χ2v) is 3.84. The maximum absolute atomic E-state index is 4.38. The van der Waals surface area contributed by atoms with Gasteiger partial charge in [0, 0.05) is 6.54 Å². The Hall–Kier alpha value is -1.65. The highest BCUT2D eigenvalue weighted by Gasteiger charge is 2.12. The molecule has 0 bridgehead atoms. The fourth-order valence-corrected chi connectivity index (χ4v) is 1.67. The normalized spacial score (nSPS) is 12.9. The minimum Gasteiger partial charge on any atom is -0.370 e. The molecule has 2 aromatic rings. The molecular weight excluding hydrogens is 202 g/mol. The van der Waals surface area contributed by atoms with Gasteiger partial charge in [-0.3, -0.25) is 0 Å². The molecule has 2 aromatic heterocycles. The number of anilines is 1. The lowest BCUT2D eigenvalue weighted by atomic mass is 10.2. The van der Waals surface area contributed by atoms with Crippen LogP contribution < -0.4 is 5.32 Å². The summed E-state index contributed by atoms with van der Waals surface area (Å²) in [5.74, 6) is 0.863. The van der Waals surface area contributed by atoms with Crippen molar-refractivity contribution in [2.75, 3.05) is 11.9 Å². The average Bonchev–Trinajstić information content (AvgIpc) is 2.73. The Balaban J connectivity index is 2.52. The first kappa shape index (κ1) is 10.9. The van der Waals surface area contributed by atoms with Gasteiger partial charge in [-0.25, -0.2) is 14.6 Å². The molecule has 0 amide bonds. The maximum Gasteiger partial charge on any atom is 0.163 e. The second kappa shape index (κ2) is 4.47. The Kier molecular flexibility index (Phi) is 3.03. The molecule has 0 aromatic carbocycles. The molecule has 0 aliphatic heterocycles. The number of aromatic nitrogens is 4. The molecule has 1 atom stereocenters. The van der Waals surface area contributed by atoms with E-state index in [1.54, 1.807) is 6.33 Å². The highest BCUT2D eigenvalue weighted by atomic mass is 15.3. The van der Waals surface area contributed by atoms with E-state index in [-0.39, 0.29) is 0 Å². The van der Waals surface area contributed by atoms with Gasteiger partial charge in [0.2, 0.25) is 0 Å². The third kappa shape index (κ3) is 1.73. The molecular formula is C11H17N5. The average molecular weight is 219 g/mol. The van der Waals surface area contributed by atoms with E-state index in [2.05, 4.69) is 34.2 Å². The smallest absolute Gasteiger partial charge is 0.163 e. The molecule has 0 radical (unpaired) electrons. The zero-order valence-corrected chi connectivity index (χ0v) is 9.94. The van der Waals surface area contributed by atoms with E-state index in [4.69, 9.17) is 0 Å². The van der Waals surface area contributed by atoms with Crippen LogP contribution in [-0.2, 0) is 0 Å². The van der Waals surface area contributed by atoms with Gasteiger partial charge in [0.1, 0.15) is 12.1 Å². The molecule has 16 heavy (non-hydrogen) atoms. The van der Waals surface area contributed by atoms with Crippen molar-refractivity contribution in [1.29, 1.82) is 0 Å². The maximum atomic E-state index is 4.38. The number of fused-ring (bicyclic) bond motifs is 1. The standard InChI is InChI=1S/C11H17N5/c1-4-8(3)16-11-9(6-15-16)10(12-5-2)13-7-14-11/h6-8H,4-5H2,1-3H3,(H,12,13,14). The monoisotopic (exact) mass is 219 g/mol. The summed E-state index contributed by atoms with van der Waals surface area (Å²) in [5.41, 5.74) is 0.903. The minimum atomic E-state index is 0.363. The van der Waals surface area contributed by atoms with Crippen LogP contribution in [0.1, 0.15) is 33.2 Å². The zero-order valence-electron chi connectivity index (χ0n) is 9.94. The first-order chi connectivity index (χ1) is 7.77. The van der Waals surface area contributed by atoms with Gasteiger partial charge in [0.15, 0.2) is 5.65 Å². The van der Waals surface area contributed by atoms with Crippen molar-refractivity contribution in [2.24, 2.45) is 0 Å². The topological polar surface area (TPSA) is 55.6 Å². The summed E-state index contributed by atoms with van der Waals surface area (Å²) in [6.45, 7) is 7.18. The van der Waals surface area contributed by atoms with E-state index in [9.17, 15) is 0 Å². The van der Waals surface area contributed by atoms with Gasteiger partial charge in [-0.05, 0) is 20.3 Å². The third-order valence-electron chi connectivity index (χ3n) is 2.74. The fraction of sp³-hybridized carbons (Fsp3) is 0.545. The van der Waals surface area contributed by atoms with E-state index < -0.39 is 0 Å². The van der Waals surface area contributed by atoms with E-state index in [0.717, 1.165) is 29.8 Å². The fourth-order valence-electron chi connectivity index (χ4n) is 1.67. The Labute approximate surface area is 94.9 Å². The van der Waals surface area contributed by atoms with E-state index >= 15 is 0 Å². The van der Waals surface area contributed by atoms with Crippen LogP contribution in [0.3, 0.4) is 0 Å². The molecule has 0 saturated heterocycles. The van der Waals surface area contributed by atoms with Crippen molar-refractivity contribution >= 4 is 16.9 Å². The highest BCUT2D eigenvalue weighted by molar-refractivity contribution is 5.86. The first-order valence-electron chi connectivity index (χ1n) is 5.70. The molecule has 1 N–H and O–H groups in total. The molecule has 86 valence electrons. The van der Waals surface area contributed by atoms with Crippen LogP contribution in [0.25, 0.3) is 11.0 Å². The zero-order chi connectivity index (χ0) is 11.5. The number of hydrogen-bond donors (Lipinski definition) is 1. The van der Waals surface area contributed by atoms with Crippen molar-refractivity contribution in [3.8, 4) is 0 Å². The van der Waals surface area contributed by atoms with Crippen molar-refractivity contribution in [2.45, 2.75) is 33.2 Å². The van der Waals surface area contributed by atoms with Crippen LogP contribution >= 0.6 is 0 Å². The SMILES string of the molecule is CCNc1ncnc2c1cnn2C(C)CC. The first-order valence-corrected chi connectivity index (χ1v) is 5.70. The van der Waals surface area contributed by atoms with E-state index in [0.29, 0.717) is 6.04 Å². The second-order valence-electron chi connectivity index (χ2n) is 3.84. The molecule has 1 unspecified atom stereocenters. The van der Waals surface area contributed by atoms with Gasteiger partial charge in [0.25, 0.3) is 0 Å². The number of hydrogen-bond acceptors (Lipinski definition) is 4. The molecule has 5 heteroatoms. The molecule has 0 aliphatic carbocycles. The van der Waals surface area contributed by atoms with Crippen LogP contribution in [0.5, 0.6) is 0 Å². The molecule has 2 heterocycles. The number of nitrogens with one attached hydrogen (secondary N) is 1. The number of nitrogens with zero attached hydrogens (tertiary/aromatic N) is 4. The lowest BCUT2D eigenvalue weighted by Gasteiger charge is -2.10. The van der Waals surface area contributed by atoms with Gasteiger partial charge in [-0.1, -0.05) is 6.92 Å². The summed E-state index contributed by atoms with van der Waals surface area (Å²) in [4.78, 5) is 8.52. The van der Waals surface area contributed by atoms with Gasteiger partial charge < -0.3 is 5.32 Å². The largest absolute Gasteiger partial charge is 0.370 e. The molecule has 2 rings (SSSR count). The highest BCUT2D eigenvalue weighted by Crippen LogP contribution is 2.21. The van der Waals surface area contributed by atoms with Crippen LogP contribution in [-0.4, -0.2) is 26.3 Å². The number of rotatable bonds is 4. The Morgan fingerprint density at radius 3 is 2.88 bits per heavy atom. The molecule has 0 spiro atoms. The lowest BCUT2D eigenvalue weighted by Crippen LogP contribution is -2.07. The quantitative estimate of drug-likeness (QED) is 0.856. The van der Waals surface area contributed by atoms with E-state index in [1.807, 2.05) is 17.8 Å². The van der Waals surface area contributed by atoms with Crippen LogP contribution in [0.15, 0.2) is 12.5 Å². The Bertz CT molecular complexity index is 476. The summed E-state index contributed by atoms with van der Waals surface area (Å²) in [7, 11) is 0. The third-order valence-corrected chi connectivity index (χ3v) is 2.74.